The van der Waals surface area contributed by atoms with Gasteiger partial charge in [0.05, 0.1) is 47.8 Å². The zero-order valence-corrected chi connectivity index (χ0v) is 21.2. The number of hydrogen-bond acceptors (Lipinski definition) is 5. The van der Waals surface area contributed by atoms with E-state index in [1.807, 2.05) is 0 Å². The number of carbonyl (C=O) groups is 2. The quantitative estimate of drug-likeness (QED) is 0.274. The van der Waals surface area contributed by atoms with Crippen molar-refractivity contribution < 1.29 is 58.6 Å². The van der Waals surface area contributed by atoms with Crippen molar-refractivity contribution in [3.05, 3.63) is 58.7 Å². The number of hydrogen-bond donors (Lipinski definition) is 0. The zero-order valence-electron chi connectivity index (χ0n) is 21.2. The number of esters is 1. The van der Waals surface area contributed by atoms with Crippen LogP contribution in [0, 0.1) is 0 Å². The van der Waals surface area contributed by atoms with Gasteiger partial charge < -0.3 is 14.4 Å². The first kappa shape index (κ1) is 30.9. The lowest BCUT2D eigenvalue weighted by Crippen LogP contribution is -2.53. The fraction of sp³-hybridized carbons (Fsp3) is 0.440. The number of amides is 1. The molecule has 1 aliphatic heterocycles. The topological polar surface area (TPSA) is 59.1 Å². The molecule has 0 aromatic heterocycles. The molecule has 1 amide bonds. The van der Waals surface area contributed by atoms with E-state index < -0.39 is 77.2 Å². The van der Waals surface area contributed by atoms with Crippen LogP contribution >= 0.6 is 0 Å². The van der Waals surface area contributed by atoms with Gasteiger partial charge in [-0.3, -0.25) is 4.90 Å². The third kappa shape index (κ3) is 6.22. The first-order chi connectivity index (χ1) is 18.4. The molecular formula is C25H23F9N2O4. The van der Waals surface area contributed by atoms with Gasteiger partial charge in [0.15, 0.2) is 6.04 Å². The molecule has 0 bridgehead atoms. The van der Waals surface area contributed by atoms with Gasteiger partial charge >= 0.3 is 30.6 Å². The van der Waals surface area contributed by atoms with Crippen molar-refractivity contribution in [3.63, 3.8) is 0 Å². The van der Waals surface area contributed by atoms with Gasteiger partial charge in [0.2, 0.25) is 0 Å². The van der Waals surface area contributed by atoms with E-state index in [2.05, 4.69) is 0 Å². The molecule has 3 rings (SSSR count). The maximum absolute atomic E-state index is 13.7. The second kappa shape index (κ2) is 11.1. The van der Waals surface area contributed by atoms with Crippen molar-refractivity contribution >= 4 is 23.4 Å². The average Bonchev–Trinajstić information content (AvgIpc) is 2.86. The summed E-state index contributed by atoms with van der Waals surface area (Å²) in [6, 6.07) is -0.335. The number of halogens is 9. The predicted octanol–water partition coefficient (Wildman–Crippen LogP) is 7.22. The van der Waals surface area contributed by atoms with Gasteiger partial charge in [0.1, 0.15) is 0 Å². The number of anilines is 2. The van der Waals surface area contributed by atoms with Crippen molar-refractivity contribution in [1.29, 1.82) is 0 Å². The second-order valence-corrected chi connectivity index (χ2v) is 8.75. The summed E-state index contributed by atoms with van der Waals surface area (Å²) in [4.78, 5) is 27.7. The molecular weight excluding hydrogens is 563 g/mol. The maximum atomic E-state index is 13.7. The highest BCUT2D eigenvalue weighted by atomic mass is 19.4. The van der Waals surface area contributed by atoms with Gasteiger partial charge in [0.25, 0.3) is 0 Å². The Balaban J connectivity index is 2.36. The van der Waals surface area contributed by atoms with Crippen LogP contribution in [-0.2, 0) is 32.8 Å². The molecule has 40 heavy (non-hydrogen) atoms. The van der Waals surface area contributed by atoms with Crippen molar-refractivity contribution in [2.75, 3.05) is 30.1 Å². The number of carbonyl (C=O) groups excluding carboxylic acids is 2. The van der Waals surface area contributed by atoms with Crippen molar-refractivity contribution in [2.24, 2.45) is 0 Å². The first-order valence-corrected chi connectivity index (χ1v) is 11.7. The standard InChI is InChI=1S/C25H23F9N2O4/c1-4-17-12-35(19-11-14(23(26,27)28)6-7-18(19)36(17)22(38)40-5-2)20(21(37)39-3)13-8-15(24(29,30)31)10-16(9-13)25(32,33)34/h6-11,17,20H,4-5,12H2,1-3H3/t17-,20+/m0/s1. The van der Waals surface area contributed by atoms with Crippen LogP contribution < -0.4 is 9.80 Å². The van der Waals surface area contributed by atoms with Crippen LogP contribution in [0.5, 0.6) is 0 Å². The van der Waals surface area contributed by atoms with Crippen LogP contribution in [0.1, 0.15) is 48.6 Å². The smallest absolute Gasteiger partial charge is 0.416 e. The highest BCUT2D eigenvalue weighted by Gasteiger charge is 2.44. The Kier molecular flexibility index (Phi) is 8.56. The van der Waals surface area contributed by atoms with E-state index >= 15 is 0 Å². The van der Waals surface area contributed by atoms with E-state index in [1.54, 1.807) is 6.92 Å². The number of ether oxygens (including phenoxy) is 2. The largest absolute Gasteiger partial charge is 0.467 e. The van der Waals surface area contributed by atoms with E-state index in [9.17, 15) is 49.1 Å². The molecule has 15 heteroatoms. The van der Waals surface area contributed by atoms with E-state index in [1.165, 1.54) is 6.92 Å². The summed E-state index contributed by atoms with van der Waals surface area (Å²) in [6.45, 7) is 2.52. The summed E-state index contributed by atoms with van der Waals surface area (Å²) >= 11 is 0. The molecule has 220 valence electrons. The highest BCUT2D eigenvalue weighted by molar-refractivity contribution is 5.96. The summed E-state index contributed by atoms with van der Waals surface area (Å²) in [5.74, 6) is -1.34. The van der Waals surface area contributed by atoms with Gasteiger partial charge in [-0.15, -0.1) is 0 Å². The van der Waals surface area contributed by atoms with E-state index in [4.69, 9.17) is 9.47 Å². The van der Waals surface area contributed by atoms with Crippen LogP contribution in [0.2, 0.25) is 0 Å². The molecule has 0 radical (unpaired) electrons. The number of fused-ring (bicyclic) bond motifs is 1. The molecule has 0 saturated carbocycles. The Morgan fingerprint density at radius 2 is 1.40 bits per heavy atom. The molecule has 2 aromatic rings. The Morgan fingerprint density at radius 1 is 0.850 bits per heavy atom. The third-order valence-corrected chi connectivity index (χ3v) is 6.24. The van der Waals surface area contributed by atoms with Crippen molar-refractivity contribution in [1.82, 2.24) is 0 Å². The first-order valence-electron chi connectivity index (χ1n) is 11.7. The van der Waals surface area contributed by atoms with Crippen LogP contribution in [0.3, 0.4) is 0 Å². The molecule has 0 fully saturated rings. The predicted molar refractivity (Wildman–Crippen MR) is 124 cm³/mol. The molecule has 6 nitrogen and oxygen atoms in total. The van der Waals surface area contributed by atoms with Gasteiger partial charge in [-0.05, 0) is 55.3 Å². The van der Waals surface area contributed by atoms with Crippen LogP contribution in [0.4, 0.5) is 55.7 Å². The average molecular weight is 586 g/mol. The van der Waals surface area contributed by atoms with Gasteiger partial charge in [-0.2, -0.15) is 39.5 Å². The lowest BCUT2D eigenvalue weighted by Gasteiger charge is -2.45. The zero-order chi connectivity index (χ0) is 30.2. The lowest BCUT2D eigenvalue weighted by molar-refractivity contribution is -0.145. The van der Waals surface area contributed by atoms with Crippen molar-refractivity contribution in [2.45, 2.75) is 50.9 Å². The normalized spacial score (nSPS) is 16.9. The third-order valence-electron chi connectivity index (χ3n) is 6.24. The van der Waals surface area contributed by atoms with Crippen LogP contribution in [-0.4, -0.2) is 38.4 Å². The van der Waals surface area contributed by atoms with Crippen LogP contribution in [0.25, 0.3) is 0 Å². The second-order valence-electron chi connectivity index (χ2n) is 8.75. The molecule has 0 spiro atoms. The Bertz CT molecular complexity index is 1230. The summed E-state index contributed by atoms with van der Waals surface area (Å²) < 4.78 is 132. The SMILES string of the molecule is CCOC(=O)N1c2ccc(C(F)(F)F)cc2N([C@@H](C(=O)OC)c2cc(C(F)(F)F)cc(C(F)(F)F)c2)C[C@@H]1CC. The number of nitrogens with zero attached hydrogens (tertiary/aromatic N) is 2. The monoisotopic (exact) mass is 586 g/mol. The molecule has 1 heterocycles. The highest BCUT2D eigenvalue weighted by Crippen LogP contribution is 2.46. The summed E-state index contributed by atoms with van der Waals surface area (Å²) in [5.41, 5.74) is -6.16. The molecule has 0 aliphatic carbocycles. The minimum Gasteiger partial charge on any atom is -0.467 e. The number of methoxy groups -OCH3 is 1. The maximum Gasteiger partial charge on any atom is 0.416 e. The molecule has 0 N–H and O–H groups in total. The van der Waals surface area contributed by atoms with Crippen LogP contribution in [0.15, 0.2) is 36.4 Å². The van der Waals surface area contributed by atoms with Gasteiger partial charge in [-0.25, -0.2) is 9.59 Å². The number of alkyl halides is 9. The Hall–Kier alpha value is -3.65. The lowest BCUT2D eigenvalue weighted by atomic mass is 9.95. The Morgan fingerprint density at radius 3 is 1.85 bits per heavy atom. The molecule has 2 aromatic carbocycles. The summed E-state index contributed by atoms with van der Waals surface area (Å²) in [7, 11) is 0.826. The fourth-order valence-electron chi connectivity index (χ4n) is 4.43. The minimum absolute atomic E-state index is 0.0965. The van der Waals surface area contributed by atoms with E-state index in [-0.39, 0.29) is 24.8 Å². The number of benzene rings is 2. The van der Waals surface area contributed by atoms with E-state index in [0.29, 0.717) is 24.3 Å². The molecule has 2 atom stereocenters. The summed E-state index contributed by atoms with van der Waals surface area (Å²) in [6.07, 6.45) is -16.3. The molecule has 0 saturated heterocycles. The van der Waals surface area contributed by atoms with E-state index in [0.717, 1.165) is 23.0 Å². The summed E-state index contributed by atoms with van der Waals surface area (Å²) in [5, 5.41) is 0. The molecule has 1 aliphatic rings. The Labute approximate surface area is 222 Å². The fourth-order valence-corrected chi connectivity index (χ4v) is 4.43. The van der Waals surface area contributed by atoms with Crippen molar-refractivity contribution in [3.8, 4) is 0 Å². The van der Waals surface area contributed by atoms with Gasteiger partial charge in [-0.1, -0.05) is 6.92 Å². The number of rotatable bonds is 5. The molecule has 0 unspecified atom stereocenters. The minimum atomic E-state index is -5.26. The van der Waals surface area contributed by atoms with Gasteiger partial charge in [0, 0.05) is 6.54 Å².